The highest BCUT2D eigenvalue weighted by Crippen LogP contribution is 2.36. The van der Waals surface area contributed by atoms with Gasteiger partial charge in [0, 0.05) is 61.9 Å². The average molecular weight is 354 g/mol. The van der Waals surface area contributed by atoms with E-state index in [1.54, 1.807) is 6.33 Å². The van der Waals surface area contributed by atoms with Gasteiger partial charge in [0.05, 0.1) is 5.69 Å². The molecule has 2 atom stereocenters. The molecular formula is C18H22N6S. The van der Waals surface area contributed by atoms with Crippen LogP contribution in [0.3, 0.4) is 0 Å². The summed E-state index contributed by atoms with van der Waals surface area (Å²) in [5, 5.41) is 9.02. The summed E-state index contributed by atoms with van der Waals surface area (Å²) < 4.78 is 0. The summed E-state index contributed by atoms with van der Waals surface area (Å²) in [5.41, 5.74) is 3.75. The molecule has 130 valence electrons. The van der Waals surface area contributed by atoms with Gasteiger partial charge in [0.2, 0.25) is 0 Å². The lowest BCUT2D eigenvalue weighted by molar-refractivity contribution is 0.533. The van der Waals surface area contributed by atoms with Crippen molar-refractivity contribution < 1.29 is 0 Å². The van der Waals surface area contributed by atoms with E-state index in [1.165, 1.54) is 17.0 Å². The molecule has 7 heteroatoms. The minimum Gasteiger partial charge on any atom is -0.356 e. The van der Waals surface area contributed by atoms with Crippen LogP contribution in [0.25, 0.3) is 0 Å². The molecule has 3 aliphatic heterocycles. The lowest BCUT2D eigenvalue weighted by Gasteiger charge is -2.24. The highest BCUT2D eigenvalue weighted by Gasteiger charge is 2.41. The van der Waals surface area contributed by atoms with Gasteiger partial charge in [-0.15, -0.1) is 5.10 Å². The third-order valence-electron chi connectivity index (χ3n) is 5.67. The average Bonchev–Trinajstić information content (AvgIpc) is 3.21. The molecule has 2 saturated heterocycles. The number of thioether (sulfide) groups is 1. The smallest absolute Gasteiger partial charge is 0.151 e. The zero-order valence-electron chi connectivity index (χ0n) is 14.4. The van der Waals surface area contributed by atoms with E-state index in [1.807, 2.05) is 18.0 Å². The normalized spacial score (nSPS) is 25.2. The predicted molar refractivity (Wildman–Crippen MR) is 100 cm³/mol. The first-order chi connectivity index (χ1) is 12.3. The van der Waals surface area contributed by atoms with Gasteiger partial charge in [-0.1, -0.05) is 0 Å². The number of nitrogens with zero attached hydrogens (tertiary/aromatic N) is 6. The maximum atomic E-state index is 4.53. The number of fused-ring (bicyclic) bond motifs is 2. The van der Waals surface area contributed by atoms with Crippen LogP contribution in [0, 0.1) is 18.8 Å². The molecule has 0 aromatic carbocycles. The molecule has 0 aliphatic carbocycles. The summed E-state index contributed by atoms with van der Waals surface area (Å²) in [4.78, 5) is 13.5. The van der Waals surface area contributed by atoms with E-state index in [2.05, 4.69) is 43.0 Å². The fourth-order valence-corrected chi connectivity index (χ4v) is 5.31. The lowest BCUT2D eigenvalue weighted by atomic mass is 10.0. The molecule has 3 aliphatic rings. The molecule has 0 bridgehead atoms. The van der Waals surface area contributed by atoms with Crippen LogP contribution in [0.15, 0.2) is 18.6 Å². The Bertz CT molecular complexity index is 783. The fourth-order valence-electron chi connectivity index (χ4n) is 4.36. The Hall–Kier alpha value is -1.89. The molecule has 5 rings (SSSR count). The van der Waals surface area contributed by atoms with Crippen molar-refractivity contribution in [3.63, 3.8) is 0 Å². The van der Waals surface area contributed by atoms with Crippen molar-refractivity contribution in [2.75, 3.05) is 41.7 Å². The second-order valence-corrected chi connectivity index (χ2v) is 8.44. The van der Waals surface area contributed by atoms with Crippen molar-refractivity contribution in [3.05, 3.63) is 35.4 Å². The summed E-state index contributed by atoms with van der Waals surface area (Å²) in [6, 6.07) is 2.28. The zero-order chi connectivity index (χ0) is 16.8. The van der Waals surface area contributed by atoms with Crippen LogP contribution >= 0.6 is 11.8 Å². The molecule has 0 saturated carbocycles. The topological polar surface area (TPSA) is 58.0 Å². The summed E-state index contributed by atoms with van der Waals surface area (Å²) in [7, 11) is 0. The van der Waals surface area contributed by atoms with Gasteiger partial charge >= 0.3 is 0 Å². The maximum Gasteiger partial charge on any atom is 0.151 e. The van der Waals surface area contributed by atoms with Crippen molar-refractivity contribution in [2.24, 2.45) is 11.8 Å². The van der Waals surface area contributed by atoms with Crippen LogP contribution in [0.4, 0.5) is 11.6 Å². The van der Waals surface area contributed by atoms with Gasteiger partial charge in [-0.3, -0.25) is 0 Å². The van der Waals surface area contributed by atoms with Gasteiger partial charge in [0.1, 0.15) is 12.1 Å². The van der Waals surface area contributed by atoms with Crippen LogP contribution in [0.5, 0.6) is 0 Å². The molecular weight excluding hydrogens is 332 g/mol. The standard InChI is InChI=1S/C18H22N6S/c1-12-5-19-11-20-18(12)24-8-14-6-23(7-15(14)9-24)17-4-13-10-25-3-2-16(13)21-22-17/h4-5,11,14-15H,2-3,6-10H2,1H3. The molecule has 0 amide bonds. The third-order valence-corrected chi connectivity index (χ3v) is 6.67. The minimum atomic E-state index is 0.682. The van der Waals surface area contributed by atoms with Crippen molar-refractivity contribution in [1.29, 1.82) is 0 Å². The number of rotatable bonds is 2. The number of aromatic nitrogens is 4. The van der Waals surface area contributed by atoms with Crippen molar-refractivity contribution in [1.82, 2.24) is 20.2 Å². The van der Waals surface area contributed by atoms with E-state index in [4.69, 9.17) is 0 Å². The van der Waals surface area contributed by atoms with Gasteiger partial charge in [-0.2, -0.15) is 16.9 Å². The highest BCUT2D eigenvalue weighted by atomic mass is 32.2. The Morgan fingerprint density at radius 2 is 1.88 bits per heavy atom. The second kappa shape index (κ2) is 6.12. The summed E-state index contributed by atoms with van der Waals surface area (Å²) >= 11 is 2.00. The number of aryl methyl sites for hydroxylation is 2. The SMILES string of the molecule is Cc1cncnc1N1CC2CN(c3cc4c(nn3)CCSC4)CC2C1. The van der Waals surface area contributed by atoms with Gasteiger partial charge in [-0.05, 0) is 24.3 Å². The molecule has 0 N–H and O–H groups in total. The van der Waals surface area contributed by atoms with Crippen LogP contribution in [0.1, 0.15) is 16.8 Å². The first kappa shape index (κ1) is 15.4. The summed E-state index contributed by atoms with van der Waals surface area (Å²) in [6.07, 6.45) is 4.62. The van der Waals surface area contributed by atoms with E-state index >= 15 is 0 Å². The van der Waals surface area contributed by atoms with Crippen LogP contribution in [0.2, 0.25) is 0 Å². The maximum absolute atomic E-state index is 4.53. The largest absolute Gasteiger partial charge is 0.356 e. The van der Waals surface area contributed by atoms with Crippen LogP contribution in [-0.2, 0) is 12.2 Å². The Kier molecular flexibility index (Phi) is 3.77. The quantitative estimate of drug-likeness (QED) is 0.817. The molecule has 25 heavy (non-hydrogen) atoms. The molecule has 5 heterocycles. The van der Waals surface area contributed by atoms with Crippen LogP contribution in [-0.4, -0.2) is 52.1 Å². The monoisotopic (exact) mass is 354 g/mol. The van der Waals surface area contributed by atoms with Gasteiger partial charge < -0.3 is 9.80 Å². The molecule has 0 radical (unpaired) electrons. The number of anilines is 2. The van der Waals surface area contributed by atoms with Crippen molar-refractivity contribution in [2.45, 2.75) is 19.1 Å². The summed E-state index contributed by atoms with van der Waals surface area (Å²) in [6.45, 7) is 6.40. The molecule has 6 nitrogen and oxygen atoms in total. The van der Waals surface area contributed by atoms with Gasteiger partial charge in [0.15, 0.2) is 5.82 Å². The number of hydrogen-bond acceptors (Lipinski definition) is 7. The Labute approximate surface area is 152 Å². The first-order valence-corrected chi connectivity index (χ1v) is 10.1. The molecule has 2 unspecified atom stereocenters. The fraction of sp³-hybridized carbons (Fsp3) is 0.556. The number of hydrogen-bond donors (Lipinski definition) is 0. The summed E-state index contributed by atoms with van der Waals surface area (Å²) in [5.74, 6) is 5.79. The van der Waals surface area contributed by atoms with E-state index in [-0.39, 0.29) is 0 Å². The molecule has 2 aromatic rings. The lowest BCUT2D eigenvalue weighted by Crippen LogP contribution is -2.30. The highest BCUT2D eigenvalue weighted by molar-refractivity contribution is 7.98. The van der Waals surface area contributed by atoms with E-state index in [0.29, 0.717) is 11.8 Å². The Morgan fingerprint density at radius 1 is 1.08 bits per heavy atom. The molecule has 0 spiro atoms. The second-order valence-electron chi connectivity index (χ2n) is 7.34. The molecule has 2 fully saturated rings. The van der Waals surface area contributed by atoms with Gasteiger partial charge in [-0.25, -0.2) is 9.97 Å². The Balaban J connectivity index is 1.30. The van der Waals surface area contributed by atoms with Crippen molar-refractivity contribution in [3.8, 4) is 0 Å². The molecule has 2 aromatic heterocycles. The third kappa shape index (κ3) is 2.74. The Morgan fingerprint density at radius 3 is 2.68 bits per heavy atom. The van der Waals surface area contributed by atoms with E-state index < -0.39 is 0 Å². The van der Waals surface area contributed by atoms with Gasteiger partial charge in [0.25, 0.3) is 0 Å². The minimum absolute atomic E-state index is 0.682. The van der Waals surface area contributed by atoms with E-state index in [0.717, 1.165) is 55.6 Å². The predicted octanol–water partition coefficient (Wildman–Crippen LogP) is 1.94. The van der Waals surface area contributed by atoms with E-state index in [9.17, 15) is 0 Å². The van der Waals surface area contributed by atoms with Crippen molar-refractivity contribution >= 4 is 23.4 Å². The van der Waals surface area contributed by atoms with Crippen LogP contribution < -0.4 is 9.80 Å². The zero-order valence-corrected chi connectivity index (χ0v) is 15.2. The first-order valence-electron chi connectivity index (χ1n) is 8.97.